The van der Waals surface area contributed by atoms with Crippen LogP contribution in [0.3, 0.4) is 0 Å². The van der Waals surface area contributed by atoms with Crippen LogP contribution in [-0.4, -0.2) is 17.1 Å². The third-order valence-corrected chi connectivity index (χ3v) is 4.44. The van der Waals surface area contributed by atoms with E-state index >= 15 is 0 Å². The molecule has 0 aliphatic rings. The third-order valence-electron chi connectivity index (χ3n) is 4.03. The number of nitrogens with one attached hydrogen (secondary N) is 1. The Labute approximate surface area is 145 Å². The summed E-state index contributed by atoms with van der Waals surface area (Å²) >= 11 is 5.51. The number of thiocarbonyl (C=S) groups is 1. The van der Waals surface area contributed by atoms with Crippen molar-refractivity contribution in [1.29, 1.82) is 0 Å². The van der Waals surface area contributed by atoms with Crippen LogP contribution in [0, 0.1) is 0 Å². The van der Waals surface area contributed by atoms with Gasteiger partial charge in [-0.05, 0) is 53.4 Å². The van der Waals surface area contributed by atoms with Gasteiger partial charge in [-0.1, -0.05) is 57.2 Å². The summed E-state index contributed by atoms with van der Waals surface area (Å²) < 4.78 is 0. The zero-order valence-electron chi connectivity index (χ0n) is 14.5. The summed E-state index contributed by atoms with van der Waals surface area (Å²) in [6.07, 6.45) is 1.07. The Morgan fingerprint density at radius 1 is 1.00 bits per heavy atom. The minimum absolute atomic E-state index is 0.546. The number of anilines is 1. The number of aryl methyl sites for hydroxylation is 1. The second-order valence-electron chi connectivity index (χ2n) is 6.23. The molecule has 122 valence electrons. The van der Waals surface area contributed by atoms with Gasteiger partial charge in [-0.2, -0.15) is 0 Å². The van der Waals surface area contributed by atoms with Crippen molar-refractivity contribution >= 4 is 23.0 Å². The first-order valence-corrected chi connectivity index (χ1v) is 8.60. The standard InChI is InChI=1S/C20H26N2S/c1-5-16-6-8-17(9-7-16)14-22(4)20(23)21-19-12-10-18(11-13-19)15(2)3/h6-13,15H,5,14H2,1-4H3,(H,21,23). The second kappa shape index (κ2) is 8.11. The topological polar surface area (TPSA) is 15.3 Å². The molecule has 0 saturated heterocycles. The van der Waals surface area contributed by atoms with Crippen molar-refractivity contribution in [3.8, 4) is 0 Å². The van der Waals surface area contributed by atoms with Crippen molar-refractivity contribution in [2.75, 3.05) is 12.4 Å². The van der Waals surface area contributed by atoms with E-state index in [4.69, 9.17) is 12.2 Å². The zero-order valence-corrected chi connectivity index (χ0v) is 15.3. The lowest BCUT2D eigenvalue weighted by Crippen LogP contribution is -2.30. The van der Waals surface area contributed by atoms with E-state index in [9.17, 15) is 0 Å². The summed E-state index contributed by atoms with van der Waals surface area (Å²) in [6, 6.07) is 17.2. The van der Waals surface area contributed by atoms with Crippen LogP contribution in [0.2, 0.25) is 0 Å². The van der Waals surface area contributed by atoms with E-state index < -0.39 is 0 Å². The molecule has 0 aliphatic heterocycles. The highest BCUT2D eigenvalue weighted by Gasteiger charge is 2.06. The lowest BCUT2D eigenvalue weighted by molar-refractivity contribution is 0.508. The lowest BCUT2D eigenvalue weighted by atomic mass is 10.0. The van der Waals surface area contributed by atoms with Crippen LogP contribution >= 0.6 is 12.2 Å². The molecule has 0 aliphatic carbocycles. The molecule has 2 aromatic rings. The Morgan fingerprint density at radius 3 is 2.09 bits per heavy atom. The van der Waals surface area contributed by atoms with Gasteiger partial charge in [-0.25, -0.2) is 0 Å². The SMILES string of the molecule is CCc1ccc(CN(C)C(=S)Nc2ccc(C(C)C)cc2)cc1. The number of nitrogens with zero attached hydrogens (tertiary/aromatic N) is 1. The molecule has 0 atom stereocenters. The lowest BCUT2D eigenvalue weighted by Gasteiger charge is -2.21. The second-order valence-corrected chi connectivity index (χ2v) is 6.62. The molecular weight excluding hydrogens is 300 g/mol. The average Bonchev–Trinajstić information content (AvgIpc) is 2.56. The van der Waals surface area contributed by atoms with Gasteiger partial charge in [0.15, 0.2) is 5.11 Å². The van der Waals surface area contributed by atoms with E-state index in [0.29, 0.717) is 5.92 Å². The maximum Gasteiger partial charge on any atom is 0.173 e. The molecule has 0 bridgehead atoms. The molecule has 0 saturated carbocycles. The number of benzene rings is 2. The molecule has 23 heavy (non-hydrogen) atoms. The van der Waals surface area contributed by atoms with E-state index in [1.165, 1.54) is 16.7 Å². The predicted octanol–water partition coefficient (Wildman–Crippen LogP) is 5.20. The van der Waals surface area contributed by atoms with E-state index in [1.807, 2.05) is 7.05 Å². The third kappa shape index (κ3) is 5.07. The molecule has 0 aromatic heterocycles. The maximum atomic E-state index is 5.51. The predicted molar refractivity (Wildman–Crippen MR) is 104 cm³/mol. The smallest absolute Gasteiger partial charge is 0.173 e. The van der Waals surface area contributed by atoms with Crippen molar-refractivity contribution in [2.45, 2.75) is 39.7 Å². The van der Waals surface area contributed by atoms with Gasteiger partial charge in [-0.3, -0.25) is 0 Å². The van der Waals surface area contributed by atoms with Crippen molar-refractivity contribution in [3.63, 3.8) is 0 Å². The molecule has 2 rings (SSSR count). The summed E-state index contributed by atoms with van der Waals surface area (Å²) in [4.78, 5) is 2.06. The van der Waals surface area contributed by atoms with Crippen LogP contribution in [0.25, 0.3) is 0 Å². The van der Waals surface area contributed by atoms with Crippen LogP contribution in [0.15, 0.2) is 48.5 Å². The quantitative estimate of drug-likeness (QED) is 0.760. The van der Waals surface area contributed by atoms with E-state index in [0.717, 1.165) is 23.8 Å². The largest absolute Gasteiger partial charge is 0.348 e. The molecule has 1 N–H and O–H groups in total. The minimum Gasteiger partial charge on any atom is -0.348 e. The Hall–Kier alpha value is -1.87. The summed E-state index contributed by atoms with van der Waals surface area (Å²) in [5, 5.41) is 4.05. The Balaban J connectivity index is 1.93. The van der Waals surface area contributed by atoms with E-state index in [-0.39, 0.29) is 0 Å². The highest BCUT2D eigenvalue weighted by molar-refractivity contribution is 7.80. The van der Waals surface area contributed by atoms with Crippen molar-refractivity contribution in [1.82, 2.24) is 4.90 Å². The van der Waals surface area contributed by atoms with Gasteiger partial charge in [0.05, 0.1) is 0 Å². The number of rotatable bonds is 5. The first-order valence-electron chi connectivity index (χ1n) is 8.19. The molecule has 2 aromatic carbocycles. The monoisotopic (exact) mass is 326 g/mol. The average molecular weight is 327 g/mol. The van der Waals surface area contributed by atoms with Gasteiger partial charge in [0, 0.05) is 19.3 Å². The summed E-state index contributed by atoms with van der Waals surface area (Å²) in [5.41, 5.74) is 5.00. The molecule has 0 radical (unpaired) electrons. The zero-order chi connectivity index (χ0) is 16.8. The van der Waals surface area contributed by atoms with Crippen LogP contribution in [0.5, 0.6) is 0 Å². The molecule has 0 amide bonds. The van der Waals surface area contributed by atoms with Crippen molar-refractivity contribution in [3.05, 3.63) is 65.2 Å². The fraction of sp³-hybridized carbons (Fsp3) is 0.350. The molecule has 0 fully saturated rings. The van der Waals surface area contributed by atoms with Gasteiger partial charge < -0.3 is 10.2 Å². The van der Waals surface area contributed by atoms with Crippen LogP contribution in [-0.2, 0) is 13.0 Å². The van der Waals surface area contributed by atoms with Crippen LogP contribution in [0.1, 0.15) is 43.4 Å². The van der Waals surface area contributed by atoms with E-state index in [1.54, 1.807) is 0 Å². The van der Waals surface area contributed by atoms with Gasteiger partial charge in [-0.15, -0.1) is 0 Å². The molecule has 0 heterocycles. The van der Waals surface area contributed by atoms with Crippen LogP contribution in [0.4, 0.5) is 5.69 Å². The summed E-state index contributed by atoms with van der Waals surface area (Å²) in [5.74, 6) is 0.546. The van der Waals surface area contributed by atoms with Gasteiger partial charge in [0.1, 0.15) is 0 Å². The van der Waals surface area contributed by atoms with Gasteiger partial charge in [0.2, 0.25) is 0 Å². The number of hydrogen-bond donors (Lipinski definition) is 1. The Bertz CT molecular complexity index is 630. The minimum atomic E-state index is 0.546. The molecule has 3 heteroatoms. The Kier molecular flexibility index (Phi) is 6.17. The van der Waals surface area contributed by atoms with Gasteiger partial charge >= 0.3 is 0 Å². The molecule has 0 unspecified atom stereocenters. The first-order chi connectivity index (χ1) is 11.0. The highest BCUT2D eigenvalue weighted by Crippen LogP contribution is 2.17. The maximum absolute atomic E-state index is 5.51. The summed E-state index contributed by atoms with van der Waals surface area (Å²) in [6.45, 7) is 7.37. The fourth-order valence-electron chi connectivity index (χ4n) is 2.40. The molecule has 0 spiro atoms. The van der Waals surface area contributed by atoms with Crippen LogP contribution < -0.4 is 5.32 Å². The molecular formula is C20H26N2S. The highest BCUT2D eigenvalue weighted by atomic mass is 32.1. The Morgan fingerprint density at radius 2 is 1.57 bits per heavy atom. The normalized spacial score (nSPS) is 10.7. The number of hydrogen-bond acceptors (Lipinski definition) is 1. The molecule has 2 nitrogen and oxygen atoms in total. The van der Waals surface area contributed by atoms with Crippen molar-refractivity contribution < 1.29 is 0 Å². The van der Waals surface area contributed by atoms with Crippen molar-refractivity contribution in [2.24, 2.45) is 0 Å². The van der Waals surface area contributed by atoms with Gasteiger partial charge in [0.25, 0.3) is 0 Å². The fourth-order valence-corrected chi connectivity index (χ4v) is 2.58. The van der Waals surface area contributed by atoms with E-state index in [2.05, 4.69) is 79.5 Å². The first kappa shape index (κ1) is 17.5. The summed E-state index contributed by atoms with van der Waals surface area (Å²) in [7, 11) is 2.02.